The molecule has 2 heterocycles. The van der Waals surface area contributed by atoms with E-state index in [1.807, 2.05) is 19.1 Å². The first kappa shape index (κ1) is 19.3. The molecule has 1 aromatic carbocycles. The quantitative estimate of drug-likeness (QED) is 0.759. The van der Waals surface area contributed by atoms with Gasteiger partial charge in [0.15, 0.2) is 5.82 Å². The van der Waals surface area contributed by atoms with Crippen molar-refractivity contribution in [1.82, 2.24) is 25.0 Å². The molecule has 8 nitrogen and oxygen atoms in total. The van der Waals surface area contributed by atoms with E-state index in [9.17, 15) is 9.90 Å². The number of nitrogens with one attached hydrogen (secondary N) is 1. The topological polar surface area (TPSA) is 92.5 Å². The van der Waals surface area contributed by atoms with Gasteiger partial charge in [0.2, 0.25) is 5.91 Å². The van der Waals surface area contributed by atoms with Crippen LogP contribution in [-0.2, 0) is 29.0 Å². The SMILES string of the molecule is COCCC(=O)N[C@@H](C)c1nnc2n1CCN(Cc1ccc(O)cc1)CC2. The monoisotopic (exact) mass is 373 g/mol. The standard InChI is InChI=1S/C19H27N5O3/c1-14(20-18(26)8-12-27-2)19-22-21-17-7-9-23(10-11-24(17)19)13-15-3-5-16(25)6-4-15/h3-6,14,25H,7-13H2,1-2H3,(H,20,26)/t14-/m0/s1. The van der Waals surface area contributed by atoms with Crippen molar-refractivity contribution in [1.29, 1.82) is 0 Å². The Hall–Kier alpha value is -2.45. The Balaban J connectivity index is 1.61. The van der Waals surface area contributed by atoms with E-state index >= 15 is 0 Å². The summed E-state index contributed by atoms with van der Waals surface area (Å²) in [6.45, 7) is 5.73. The molecular formula is C19H27N5O3. The number of hydrogen-bond donors (Lipinski definition) is 2. The molecule has 0 unspecified atom stereocenters. The predicted octanol–water partition coefficient (Wildman–Crippen LogP) is 1.26. The average Bonchev–Trinajstić information content (AvgIpc) is 2.97. The van der Waals surface area contributed by atoms with Crippen LogP contribution in [0.25, 0.3) is 0 Å². The van der Waals surface area contributed by atoms with Crippen molar-refractivity contribution in [2.75, 3.05) is 26.8 Å². The van der Waals surface area contributed by atoms with Crippen LogP contribution < -0.4 is 5.32 Å². The van der Waals surface area contributed by atoms with Crippen LogP contribution in [0.1, 0.15) is 36.6 Å². The van der Waals surface area contributed by atoms with Crippen LogP contribution in [0.15, 0.2) is 24.3 Å². The minimum atomic E-state index is -0.195. The summed E-state index contributed by atoms with van der Waals surface area (Å²) in [6.07, 6.45) is 1.15. The molecule has 27 heavy (non-hydrogen) atoms. The van der Waals surface area contributed by atoms with Gasteiger partial charge in [0.1, 0.15) is 11.6 Å². The van der Waals surface area contributed by atoms with Gasteiger partial charge in [-0.15, -0.1) is 10.2 Å². The largest absolute Gasteiger partial charge is 0.508 e. The van der Waals surface area contributed by atoms with E-state index in [0.717, 1.165) is 44.2 Å². The molecule has 1 aromatic heterocycles. The molecular weight excluding hydrogens is 346 g/mol. The van der Waals surface area contributed by atoms with Crippen molar-refractivity contribution in [2.45, 2.75) is 38.9 Å². The third-order valence-electron chi connectivity index (χ3n) is 4.79. The van der Waals surface area contributed by atoms with Crippen LogP contribution in [0, 0.1) is 0 Å². The maximum Gasteiger partial charge on any atom is 0.222 e. The van der Waals surface area contributed by atoms with Gasteiger partial charge in [0, 0.05) is 46.1 Å². The van der Waals surface area contributed by atoms with E-state index in [1.165, 1.54) is 5.56 Å². The van der Waals surface area contributed by atoms with Crippen LogP contribution in [-0.4, -0.2) is 57.5 Å². The fourth-order valence-corrected chi connectivity index (χ4v) is 3.30. The minimum Gasteiger partial charge on any atom is -0.508 e. The number of phenolic OH excluding ortho intramolecular Hbond substituents is 1. The number of amides is 1. The fraction of sp³-hybridized carbons (Fsp3) is 0.526. The summed E-state index contributed by atoms with van der Waals surface area (Å²) in [5, 5.41) is 21.0. The number of aromatic nitrogens is 3. The zero-order valence-electron chi connectivity index (χ0n) is 15.9. The number of methoxy groups -OCH3 is 1. The van der Waals surface area contributed by atoms with Crippen molar-refractivity contribution in [2.24, 2.45) is 0 Å². The van der Waals surface area contributed by atoms with Crippen LogP contribution in [0.4, 0.5) is 0 Å². The fourth-order valence-electron chi connectivity index (χ4n) is 3.30. The molecule has 8 heteroatoms. The van der Waals surface area contributed by atoms with E-state index in [2.05, 4.69) is 25.0 Å². The highest BCUT2D eigenvalue weighted by Crippen LogP contribution is 2.17. The predicted molar refractivity (Wildman–Crippen MR) is 100 cm³/mol. The number of carbonyl (C=O) groups excluding carboxylic acids is 1. The first-order valence-electron chi connectivity index (χ1n) is 9.27. The highest BCUT2D eigenvalue weighted by molar-refractivity contribution is 5.76. The first-order valence-corrected chi connectivity index (χ1v) is 9.27. The van der Waals surface area contributed by atoms with Gasteiger partial charge in [0.05, 0.1) is 12.6 Å². The number of phenols is 1. The lowest BCUT2D eigenvalue weighted by molar-refractivity contribution is -0.122. The molecule has 0 spiro atoms. The Labute approximate surface area is 159 Å². The molecule has 2 aromatic rings. The summed E-state index contributed by atoms with van der Waals surface area (Å²) in [4.78, 5) is 14.3. The molecule has 146 valence electrons. The van der Waals surface area contributed by atoms with Gasteiger partial charge in [-0.2, -0.15) is 0 Å². The molecule has 3 rings (SSSR count). The summed E-state index contributed by atoms with van der Waals surface area (Å²) >= 11 is 0. The number of benzene rings is 1. The molecule has 1 atom stereocenters. The van der Waals surface area contributed by atoms with Gasteiger partial charge in [-0.05, 0) is 24.6 Å². The second-order valence-electron chi connectivity index (χ2n) is 6.85. The highest BCUT2D eigenvalue weighted by atomic mass is 16.5. The highest BCUT2D eigenvalue weighted by Gasteiger charge is 2.22. The molecule has 0 saturated carbocycles. The average molecular weight is 373 g/mol. The van der Waals surface area contributed by atoms with Crippen molar-refractivity contribution >= 4 is 5.91 Å². The summed E-state index contributed by atoms with van der Waals surface area (Å²) < 4.78 is 7.07. The lowest BCUT2D eigenvalue weighted by Crippen LogP contribution is -2.30. The van der Waals surface area contributed by atoms with Gasteiger partial charge in [-0.1, -0.05) is 12.1 Å². The van der Waals surface area contributed by atoms with Crippen LogP contribution >= 0.6 is 0 Å². The molecule has 1 aliphatic heterocycles. The molecule has 2 N–H and O–H groups in total. The second-order valence-corrected chi connectivity index (χ2v) is 6.85. The molecule has 0 fully saturated rings. The minimum absolute atomic E-state index is 0.0516. The van der Waals surface area contributed by atoms with E-state index in [0.29, 0.717) is 13.0 Å². The van der Waals surface area contributed by atoms with E-state index < -0.39 is 0 Å². The zero-order chi connectivity index (χ0) is 19.2. The molecule has 0 aliphatic carbocycles. The third kappa shape index (κ3) is 5.05. The lowest BCUT2D eigenvalue weighted by atomic mass is 10.2. The molecule has 0 radical (unpaired) electrons. The zero-order valence-corrected chi connectivity index (χ0v) is 15.9. The number of carbonyl (C=O) groups is 1. The number of fused-ring (bicyclic) bond motifs is 1. The maximum atomic E-state index is 11.9. The molecule has 0 saturated heterocycles. The molecule has 1 aliphatic rings. The maximum absolute atomic E-state index is 11.9. The summed E-state index contributed by atoms with van der Waals surface area (Å²) in [5.74, 6) is 1.98. The van der Waals surface area contributed by atoms with Crippen LogP contribution in [0.3, 0.4) is 0 Å². The van der Waals surface area contributed by atoms with Gasteiger partial charge in [0.25, 0.3) is 0 Å². The van der Waals surface area contributed by atoms with Gasteiger partial charge in [-0.3, -0.25) is 9.69 Å². The third-order valence-corrected chi connectivity index (χ3v) is 4.79. The Bertz CT molecular complexity index is 759. The summed E-state index contributed by atoms with van der Waals surface area (Å²) in [7, 11) is 1.58. The molecule has 0 bridgehead atoms. The number of rotatable bonds is 7. The smallest absolute Gasteiger partial charge is 0.222 e. The van der Waals surface area contributed by atoms with Crippen molar-refractivity contribution in [3.05, 3.63) is 41.5 Å². The van der Waals surface area contributed by atoms with Gasteiger partial charge in [-0.25, -0.2) is 0 Å². The van der Waals surface area contributed by atoms with Crippen molar-refractivity contribution in [3.8, 4) is 5.75 Å². The Kier molecular flexibility index (Phi) is 6.41. The Morgan fingerprint density at radius 1 is 1.26 bits per heavy atom. The number of ether oxygens (including phenoxy) is 1. The van der Waals surface area contributed by atoms with Gasteiger partial charge >= 0.3 is 0 Å². The van der Waals surface area contributed by atoms with Crippen molar-refractivity contribution < 1.29 is 14.6 Å². The summed E-state index contributed by atoms with van der Waals surface area (Å²) in [6, 6.07) is 7.13. The van der Waals surface area contributed by atoms with E-state index in [4.69, 9.17) is 4.74 Å². The summed E-state index contributed by atoms with van der Waals surface area (Å²) in [5.41, 5.74) is 1.17. The number of hydrogen-bond acceptors (Lipinski definition) is 6. The molecule has 1 amide bonds. The second kappa shape index (κ2) is 8.96. The van der Waals surface area contributed by atoms with Crippen molar-refractivity contribution in [3.63, 3.8) is 0 Å². The van der Waals surface area contributed by atoms with E-state index in [1.54, 1.807) is 19.2 Å². The van der Waals surface area contributed by atoms with Crippen LogP contribution in [0.5, 0.6) is 5.75 Å². The Morgan fingerprint density at radius 3 is 2.78 bits per heavy atom. The number of aromatic hydroxyl groups is 1. The van der Waals surface area contributed by atoms with E-state index in [-0.39, 0.29) is 17.7 Å². The lowest BCUT2D eigenvalue weighted by Gasteiger charge is -2.20. The number of nitrogens with zero attached hydrogens (tertiary/aromatic N) is 4. The first-order chi connectivity index (χ1) is 13.1. The van der Waals surface area contributed by atoms with Gasteiger partial charge < -0.3 is 19.7 Å². The Morgan fingerprint density at radius 2 is 2.04 bits per heavy atom. The van der Waals surface area contributed by atoms with Crippen LogP contribution in [0.2, 0.25) is 0 Å². The normalized spacial score (nSPS) is 15.8.